The van der Waals surface area contributed by atoms with E-state index >= 15 is 0 Å². The summed E-state index contributed by atoms with van der Waals surface area (Å²) >= 11 is 0. The average Bonchev–Trinajstić information content (AvgIpc) is 3.06. The molecular weight excluding hydrogens is 300 g/mol. The Bertz CT molecular complexity index is 742. The minimum Gasteiger partial charge on any atom is -0.491 e. The number of hydrogen-bond acceptors (Lipinski definition) is 4. The number of anilines is 2. The van der Waals surface area contributed by atoms with Gasteiger partial charge < -0.3 is 20.6 Å². The summed E-state index contributed by atoms with van der Waals surface area (Å²) in [6, 6.07) is 2.21. The van der Waals surface area contributed by atoms with Gasteiger partial charge in [-0.15, -0.1) is 0 Å². The highest BCUT2D eigenvalue weighted by molar-refractivity contribution is 6.00. The van der Waals surface area contributed by atoms with Crippen LogP contribution in [0.15, 0.2) is 10.5 Å². The molecule has 4 rings (SSSR count). The van der Waals surface area contributed by atoms with E-state index in [9.17, 15) is 0 Å². The molecule has 0 unspecified atom stereocenters. The summed E-state index contributed by atoms with van der Waals surface area (Å²) in [7, 11) is 0. The van der Waals surface area contributed by atoms with Crippen LogP contribution >= 0.6 is 0 Å². The molecule has 1 aliphatic carbocycles. The van der Waals surface area contributed by atoms with Crippen molar-refractivity contribution in [2.75, 3.05) is 18.1 Å². The standard InChI is InChI=1S/C20H28N2O2/c1-2-4-12-6-8-13(9-7-12)16-11-15-14-5-3-10-23-19(14)17(21)18(22)20(15)24-16/h11-13H,2-10,21-22H2,1H3. The number of fused-ring (bicyclic) bond motifs is 3. The zero-order valence-electron chi connectivity index (χ0n) is 14.6. The number of benzene rings is 1. The molecule has 1 aromatic carbocycles. The fourth-order valence-electron chi connectivity index (χ4n) is 4.55. The fourth-order valence-corrected chi connectivity index (χ4v) is 4.55. The lowest BCUT2D eigenvalue weighted by molar-refractivity contribution is 0.288. The first-order valence-corrected chi connectivity index (χ1v) is 9.45. The smallest absolute Gasteiger partial charge is 0.159 e. The Labute approximate surface area is 143 Å². The first kappa shape index (κ1) is 15.7. The van der Waals surface area contributed by atoms with Gasteiger partial charge in [0.15, 0.2) is 5.58 Å². The molecule has 0 bridgehead atoms. The van der Waals surface area contributed by atoms with Crippen LogP contribution in [0.4, 0.5) is 11.4 Å². The lowest BCUT2D eigenvalue weighted by Gasteiger charge is -2.26. The average molecular weight is 328 g/mol. The van der Waals surface area contributed by atoms with Gasteiger partial charge in [0.05, 0.1) is 6.61 Å². The van der Waals surface area contributed by atoms with Crippen LogP contribution in [0.3, 0.4) is 0 Å². The third-order valence-corrected chi connectivity index (χ3v) is 5.89. The Balaban J connectivity index is 1.68. The third-order valence-electron chi connectivity index (χ3n) is 5.89. The van der Waals surface area contributed by atoms with Crippen molar-refractivity contribution < 1.29 is 9.15 Å². The van der Waals surface area contributed by atoms with Crippen molar-refractivity contribution >= 4 is 22.3 Å². The number of rotatable bonds is 3. The highest BCUT2D eigenvalue weighted by Crippen LogP contribution is 2.46. The molecule has 0 saturated heterocycles. The zero-order valence-corrected chi connectivity index (χ0v) is 14.6. The molecule has 130 valence electrons. The number of nitrogens with two attached hydrogens (primary N) is 2. The topological polar surface area (TPSA) is 74.4 Å². The number of furan rings is 1. The predicted molar refractivity (Wildman–Crippen MR) is 98.5 cm³/mol. The van der Waals surface area contributed by atoms with Crippen molar-refractivity contribution in [3.05, 3.63) is 17.4 Å². The van der Waals surface area contributed by atoms with Gasteiger partial charge in [-0.3, -0.25) is 0 Å². The van der Waals surface area contributed by atoms with Crippen LogP contribution < -0.4 is 16.2 Å². The summed E-state index contributed by atoms with van der Waals surface area (Å²) in [5.41, 5.74) is 15.5. The third kappa shape index (κ3) is 2.52. The van der Waals surface area contributed by atoms with E-state index in [1.807, 2.05) is 0 Å². The minimum absolute atomic E-state index is 0.520. The lowest BCUT2D eigenvalue weighted by Crippen LogP contribution is -2.12. The Kier molecular flexibility index (Phi) is 4.07. The van der Waals surface area contributed by atoms with E-state index in [1.165, 1.54) is 44.1 Å². The van der Waals surface area contributed by atoms with Crippen LogP contribution in [0.5, 0.6) is 5.75 Å². The second kappa shape index (κ2) is 6.23. The maximum Gasteiger partial charge on any atom is 0.159 e. The molecule has 2 aliphatic rings. The Morgan fingerprint density at radius 1 is 1.12 bits per heavy atom. The minimum atomic E-state index is 0.520. The highest BCUT2D eigenvalue weighted by atomic mass is 16.5. The van der Waals surface area contributed by atoms with Crippen molar-refractivity contribution in [2.24, 2.45) is 5.92 Å². The number of aryl methyl sites for hydroxylation is 1. The van der Waals surface area contributed by atoms with E-state index in [2.05, 4.69) is 13.0 Å². The van der Waals surface area contributed by atoms with Crippen molar-refractivity contribution in [1.82, 2.24) is 0 Å². The van der Waals surface area contributed by atoms with Crippen LogP contribution in [0, 0.1) is 5.92 Å². The summed E-state index contributed by atoms with van der Waals surface area (Å²) in [6.45, 7) is 3.00. The van der Waals surface area contributed by atoms with Crippen LogP contribution in [0.1, 0.15) is 69.1 Å². The summed E-state index contributed by atoms with van der Waals surface area (Å²) in [6.07, 6.45) is 9.73. The van der Waals surface area contributed by atoms with Crippen LogP contribution in [0.25, 0.3) is 11.0 Å². The summed E-state index contributed by atoms with van der Waals surface area (Å²) in [5.74, 6) is 3.29. The van der Waals surface area contributed by atoms with Gasteiger partial charge in [-0.1, -0.05) is 19.8 Å². The number of ether oxygens (including phenoxy) is 1. The molecule has 0 amide bonds. The second-order valence-corrected chi connectivity index (χ2v) is 7.48. The van der Waals surface area contributed by atoms with Crippen LogP contribution in [0.2, 0.25) is 0 Å². The van der Waals surface area contributed by atoms with E-state index < -0.39 is 0 Å². The molecule has 2 heterocycles. The molecule has 1 aliphatic heterocycles. The van der Waals surface area contributed by atoms with E-state index in [1.54, 1.807) is 0 Å². The molecule has 4 N–H and O–H groups in total. The molecule has 1 fully saturated rings. The van der Waals surface area contributed by atoms with Gasteiger partial charge in [-0.25, -0.2) is 0 Å². The molecule has 0 spiro atoms. The quantitative estimate of drug-likeness (QED) is 0.614. The first-order valence-electron chi connectivity index (χ1n) is 9.45. The normalized spacial score (nSPS) is 23.9. The van der Waals surface area contributed by atoms with Gasteiger partial charge in [0, 0.05) is 16.9 Å². The molecule has 4 heteroatoms. The van der Waals surface area contributed by atoms with Gasteiger partial charge in [0.2, 0.25) is 0 Å². The van der Waals surface area contributed by atoms with Gasteiger partial charge >= 0.3 is 0 Å². The molecule has 0 atom stereocenters. The van der Waals surface area contributed by atoms with Gasteiger partial charge in [-0.2, -0.15) is 0 Å². The number of nitrogen functional groups attached to an aromatic ring is 2. The molecule has 1 aromatic heterocycles. The Hall–Kier alpha value is -1.84. The Morgan fingerprint density at radius 3 is 2.67 bits per heavy atom. The lowest BCUT2D eigenvalue weighted by atomic mass is 9.79. The van der Waals surface area contributed by atoms with Gasteiger partial charge in [0.25, 0.3) is 0 Å². The van der Waals surface area contributed by atoms with Crippen molar-refractivity contribution in [3.63, 3.8) is 0 Å². The molecule has 4 nitrogen and oxygen atoms in total. The molecule has 24 heavy (non-hydrogen) atoms. The maximum absolute atomic E-state index is 6.25. The van der Waals surface area contributed by atoms with Crippen molar-refractivity contribution in [2.45, 2.75) is 64.2 Å². The molecular formula is C20H28N2O2. The second-order valence-electron chi connectivity index (χ2n) is 7.48. The van der Waals surface area contributed by atoms with Crippen LogP contribution in [-0.4, -0.2) is 6.61 Å². The Morgan fingerprint density at radius 2 is 1.92 bits per heavy atom. The molecule has 1 saturated carbocycles. The van der Waals surface area contributed by atoms with E-state index in [0.717, 1.165) is 41.2 Å². The predicted octanol–water partition coefficient (Wildman–Crippen LogP) is 5.00. The van der Waals surface area contributed by atoms with Gasteiger partial charge in [-0.05, 0) is 50.5 Å². The molecule has 0 radical (unpaired) electrons. The monoisotopic (exact) mass is 328 g/mol. The van der Waals surface area contributed by atoms with Crippen molar-refractivity contribution in [1.29, 1.82) is 0 Å². The summed E-state index contributed by atoms with van der Waals surface area (Å²) in [4.78, 5) is 0. The van der Waals surface area contributed by atoms with Crippen molar-refractivity contribution in [3.8, 4) is 5.75 Å². The zero-order chi connectivity index (χ0) is 16.7. The number of hydrogen-bond donors (Lipinski definition) is 2. The first-order chi connectivity index (χ1) is 11.7. The van der Waals surface area contributed by atoms with E-state index in [4.69, 9.17) is 20.6 Å². The SMILES string of the molecule is CCCC1CCC(c2cc3c4c(c(N)c(N)c3o2)OCCC4)CC1. The van der Waals surface area contributed by atoms with E-state index in [-0.39, 0.29) is 0 Å². The molecule has 2 aromatic rings. The summed E-state index contributed by atoms with van der Waals surface area (Å²) in [5, 5.41) is 1.11. The van der Waals surface area contributed by atoms with E-state index in [0.29, 0.717) is 23.9 Å². The van der Waals surface area contributed by atoms with Gasteiger partial charge in [0.1, 0.15) is 22.9 Å². The summed E-state index contributed by atoms with van der Waals surface area (Å²) < 4.78 is 12.0. The highest BCUT2D eigenvalue weighted by Gasteiger charge is 2.28. The fraction of sp³-hybridized carbons (Fsp3) is 0.600. The van der Waals surface area contributed by atoms with Crippen LogP contribution in [-0.2, 0) is 6.42 Å². The maximum atomic E-state index is 6.25. The largest absolute Gasteiger partial charge is 0.491 e.